The lowest BCUT2D eigenvalue weighted by atomic mass is 10.0. The maximum Gasteiger partial charge on any atom is 0.0898 e. The summed E-state index contributed by atoms with van der Waals surface area (Å²) in [5, 5.41) is 3.94. The molecule has 20 heavy (non-hydrogen) atoms. The molecule has 0 aliphatic rings. The molecule has 1 aromatic carbocycles. The van der Waals surface area contributed by atoms with Gasteiger partial charge in [-0.2, -0.15) is 0 Å². The highest BCUT2D eigenvalue weighted by Gasteiger charge is 2.14. The predicted octanol–water partition coefficient (Wildman–Crippen LogP) is 3.63. The summed E-state index contributed by atoms with van der Waals surface area (Å²) in [5.74, 6) is 0. The molecule has 2 N–H and O–H groups in total. The molecule has 0 saturated heterocycles. The Morgan fingerprint density at radius 1 is 1.45 bits per heavy atom. The third-order valence-corrected chi connectivity index (χ3v) is 4.19. The zero-order valence-electron chi connectivity index (χ0n) is 12.1. The van der Waals surface area contributed by atoms with Crippen LogP contribution in [0.1, 0.15) is 23.2 Å². The number of nitrogens with two attached hydrogens (primary N) is 1. The first-order chi connectivity index (χ1) is 9.47. The first-order valence-electron chi connectivity index (χ1n) is 6.62. The zero-order valence-corrected chi connectivity index (χ0v) is 13.6. The summed E-state index contributed by atoms with van der Waals surface area (Å²) in [6.45, 7) is 4.78. The molecule has 1 heterocycles. The van der Waals surface area contributed by atoms with Crippen LogP contribution in [-0.2, 0) is 13.0 Å². The fraction of sp³-hybridized carbons (Fsp3) is 0.400. The third kappa shape index (κ3) is 3.72. The lowest BCUT2D eigenvalue weighted by Gasteiger charge is -2.23. The fourth-order valence-corrected chi connectivity index (χ4v) is 3.24. The van der Waals surface area contributed by atoms with Crippen LogP contribution in [0.2, 0.25) is 5.02 Å². The third-order valence-electron chi connectivity index (χ3n) is 3.06. The maximum atomic E-state index is 6.38. The average molecular weight is 310 g/mol. The Labute approximate surface area is 129 Å². The van der Waals surface area contributed by atoms with Gasteiger partial charge in [0.05, 0.1) is 28.0 Å². The smallest absolute Gasteiger partial charge is 0.0898 e. The summed E-state index contributed by atoms with van der Waals surface area (Å²) < 4.78 is 0. The average Bonchev–Trinajstić information content (AvgIpc) is 2.73. The van der Waals surface area contributed by atoms with E-state index >= 15 is 0 Å². The number of nitrogens with zero attached hydrogens (tertiary/aromatic N) is 2. The van der Waals surface area contributed by atoms with Gasteiger partial charge in [0, 0.05) is 18.5 Å². The number of benzene rings is 1. The van der Waals surface area contributed by atoms with Gasteiger partial charge >= 0.3 is 0 Å². The number of anilines is 1. The van der Waals surface area contributed by atoms with Gasteiger partial charge in [-0.1, -0.05) is 23.7 Å². The van der Waals surface area contributed by atoms with Gasteiger partial charge in [-0.15, -0.1) is 11.3 Å². The summed E-state index contributed by atoms with van der Waals surface area (Å²) >= 11 is 8.05. The molecule has 0 bridgehead atoms. The molecule has 2 aromatic rings. The van der Waals surface area contributed by atoms with E-state index in [1.807, 2.05) is 33.0 Å². The van der Waals surface area contributed by atoms with E-state index in [4.69, 9.17) is 17.3 Å². The van der Waals surface area contributed by atoms with E-state index in [0.717, 1.165) is 34.4 Å². The molecule has 108 valence electrons. The van der Waals surface area contributed by atoms with Crippen LogP contribution in [0.3, 0.4) is 0 Å². The molecule has 0 amide bonds. The summed E-state index contributed by atoms with van der Waals surface area (Å²) in [6, 6.07) is 6.10. The molecule has 0 aliphatic heterocycles. The SMILES string of the molecule is Cc1nc(CN(C)c2c(Cl)cccc2CC(C)N)cs1. The summed E-state index contributed by atoms with van der Waals surface area (Å²) in [5.41, 5.74) is 9.23. The molecular formula is C15H20ClN3S. The minimum absolute atomic E-state index is 0.113. The first-order valence-corrected chi connectivity index (χ1v) is 7.88. The van der Waals surface area contributed by atoms with Gasteiger partial charge < -0.3 is 10.6 Å². The van der Waals surface area contributed by atoms with Crippen molar-refractivity contribution in [1.29, 1.82) is 0 Å². The number of thiazole rings is 1. The Morgan fingerprint density at radius 3 is 2.80 bits per heavy atom. The molecule has 0 radical (unpaired) electrons. The number of aromatic nitrogens is 1. The molecule has 2 rings (SSSR count). The highest BCUT2D eigenvalue weighted by molar-refractivity contribution is 7.09. The molecule has 1 aromatic heterocycles. The monoisotopic (exact) mass is 309 g/mol. The lowest BCUT2D eigenvalue weighted by molar-refractivity contribution is 0.733. The van der Waals surface area contributed by atoms with Crippen molar-refractivity contribution in [2.45, 2.75) is 32.9 Å². The second-order valence-electron chi connectivity index (χ2n) is 5.14. The Bertz CT molecular complexity index is 580. The topological polar surface area (TPSA) is 42.2 Å². The fourth-order valence-electron chi connectivity index (χ4n) is 2.30. The Hall–Kier alpha value is -1.10. The van der Waals surface area contributed by atoms with Crippen LogP contribution < -0.4 is 10.6 Å². The number of aryl methyl sites for hydroxylation is 1. The normalized spacial score (nSPS) is 12.4. The maximum absolute atomic E-state index is 6.38. The van der Waals surface area contributed by atoms with Gasteiger partial charge in [0.1, 0.15) is 0 Å². The van der Waals surface area contributed by atoms with Crippen molar-refractivity contribution in [3.63, 3.8) is 0 Å². The van der Waals surface area contributed by atoms with Crippen molar-refractivity contribution in [3.8, 4) is 0 Å². The van der Waals surface area contributed by atoms with Crippen LogP contribution >= 0.6 is 22.9 Å². The predicted molar refractivity (Wildman–Crippen MR) is 87.8 cm³/mol. The lowest BCUT2D eigenvalue weighted by Crippen LogP contribution is -2.22. The summed E-state index contributed by atoms with van der Waals surface area (Å²) in [7, 11) is 2.04. The minimum atomic E-state index is 0.113. The minimum Gasteiger partial charge on any atom is -0.367 e. The van der Waals surface area contributed by atoms with E-state index in [9.17, 15) is 0 Å². The van der Waals surface area contributed by atoms with Gasteiger partial charge in [0.2, 0.25) is 0 Å². The molecule has 5 heteroatoms. The van der Waals surface area contributed by atoms with Crippen molar-refractivity contribution in [2.24, 2.45) is 5.73 Å². The number of rotatable bonds is 5. The molecule has 0 saturated carbocycles. The van der Waals surface area contributed by atoms with Crippen LogP contribution in [0.15, 0.2) is 23.6 Å². The molecule has 0 spiro atoms. The van der Waals surface area contributed by atoms with Gasteiger partial charge in [-0.25, -0.2) is 4.98 Å². The molecule has 1 atom stereocenters. The molecule has 1 unspecified atom stereocenters. The van der Waals surface area contributed by atoms with Crippen LogP contribution in [0.4, 0.5) is 5.69 Å². The van der Waals surface area contributed by atoms with E-state index in [1.165, 1.54) is 5.56 Å². The Kier molecular flexibility index (Phi) is 5.02. The Balaban J connectivity index is 2.25. The summed E-state index contributed by atoms with van der Waals surface area (Å²) in [4.78, 5) is 6.65. The van der Waals surface area contributed by atoms with Crippen molar-refractivity contribution in [2.75, 3.05) is 11.9 Å². The Morgan fingerprint density at radius 2 is 2.20 bits per heavy atom. The van der Waals surface area contributed by atoms with Crippen molar-refractivity contribution in [1.82, 2.24) is 4.98 Å². The molecule has 3 nitrogen and oxygen atoms in total. The number of halogens is 1. The molecular weight excluding hydrogens is 290 g/mol. The quantitative estimate of drug-likeness (QED) is 0.917. The van der Waals surface area contributed by atoms with Crippen LogP contribution in [-0.4, -0.2) is 18.1 Å². The summed E-state index contributed by atoms with van der Waals surface area (Å²) in [6.07, 6.45) is 0.816. The molecule has 0 aliphatic carbocycles. The van der Waals surface area contributed by atoms with E-state index < -0.39 is 0 Å². The number of para-hydroxylation sites is 1. The molecule has 0 fully saturated rings. The second-order valence-corrected chi connectivity index (χ2v) is 6.61. The first kappa shape index (κ1) is 15.3. The van der Waals surface area contributed by atoms with Gasteiger partial charge in [-0.3, -0.25) is 0 Å². The number of hydrogen-bond donors (Lipinski definition) is 1. The van der Waals surface area contributed by atoms with E-state index in [-0.39, 0.29) is 6.04 Å². The van der Waals surface area contributed by atoms with Crippen molar-refractivity contribution in [3.05, 3.63) is 44.9 Å². The van der Waals surface area contributed by atoms with Crippen LogP contribution in [0, 0.1) is 6.92 Å². The van der Waals surface area contributed by atoms with E-state index in [0.29, 0.717) is 0 Å². The second kappa shape index (κ2) is 6.57. The van der Waals surface area contributed by atoms with Gasteiger partial charge in [0.15, 0.2) is 0 Å². The highest BCUT2D eigenvalue weighted by atomic mass is 35.5. The van der Waals surface area contributed by atoms with Gasteiger partial charge in [0.25, 0.3) is 0 Å². The van der Waals surface area contributed by atoms with Gasteiger partial charge in [-0.05, 0) is 31.9 Å². The highest BCUT2D eigenvalue weighted by Crippen LogP contribution is 2.31. The number of hydrogen-bond acceptors (Lipinski definition) is 4. The van der Waals surface area contributed by atoms with Crippen molar-refractivity contribution < 1.29 is 0 Å². The van der Waals surface area contributed by atoms with Crippen molar-refractivity contribution >= 4 is 28.6 Å². The van der Waals surface area contributed by atoms with Crippen LogP contribution in [0.25, 0.3) is 0 Å². The van der Waals surface area contributed by atoms with E-state index in [1.54, 1.807) is 11.3 Å². The largest absolute Gasteiger partial charge is 0.367 e. The zero-order chi connectivity index (χ0) is 14.7. The van der Waals surface area contributed by atoms with Crippen LogP contribution in [0.5, 0.6) is 0 Å². The standard InChI is InChI=1S/C15H20ClN3S/c1-10(17)7-12-5-4-6-14(16)15(12)19(3)8-13-9-20-11(2)18-13/h4-6,9-10H,7-8,17H2,1-3H3. The van der Waals surface area contributed by atoms with E-state index in [2.05, 4.69) is 21.3 Å².